The molecule has 0 spiro atoms. The van der Waals surface area contributed by atoms with Crippen LogP contribution in [0.15, 0.2) is 88.9 Å². The van der Waals surface area contributed by atoms with Gasteiger partial charge in [0.05, 0.1) is 5.69 Å². The number of urea groups is 1. The van der Waals surface area contributed by atoms with Gasteiger partial charge in [-0.25, -0.2) is 9.69 Å². The molecule has 8 heteroatoms. The van der Waals surface area contributed by atoms with E-state index in [4.69, 9.17) is 16.3 Å². The smallest absolute Gasteiger partial charge is 0.335 e. The van der Waals surface area contributed by atoms with Gasteiger partial charge in [-0.2, -0.15) is 0 Å². The number of rotatable bonds is 5. The van der Waals surface area contributed by atoms with Crippen molar-refractivity contribution < 1.29 is 19.1 Å². The second-order valence-corrected chi connectivity index (χ2v) is 9.84. The molecule has 1 fully saturated rings. The largest absolute Gasteiger partial charge is 0.488 e. The Balaban J connectivity index is 1.49. The Labute approximate surface area is 226 Å². The maximum absolute atomic E-state index is 13.3. The van der Waals surface area contributed by atoms with Gasteiger partial charge in [-0.15, -0.1) is 0 Å². The molecule has 0 unspecified atom stereocenters. The molecule has 0 radical (unpaired) electrons. The van der Waals surface area contributed by atoms with E-state index in [2.05, 4.69) is 45.5 Å². The molecule has 184 valence electrons. The second kappa shape index (κ2) is 10.2. The Kier molecular flexibility index (Phi) is 6.82. The van der Waals surface area contributed by atoms with Crippen LogP contribution in [0.3, 0.4) is 0 Å². The highest BCUT2D eigenvalue weighted by Crippen LogP contribution is 2.30. The molecular weight excluding hydrogens is 556 g/mol. The highest BCUT2D eigenvalue weighted by atomic mass is 79.9. The lowest BCUT2D eigenvalue weighted by molar-refractivity contribution is -0.122. The van der Waals surface area contributed by atoms with Crippen molar-refractivity contribution in [3.8, 4) is 5.75 Å². The van der Waals surface area contributed by atoms with Crippen LogP contribution in [-0.4, -0.2) is 17.8 Å². The maximum atomic E-state index is 13.3. The summed E-state index contributed by atoms with van der Waals surface area (Å²) in [7, 11) is 0. The first-order valence-corrected chi connectivity index (χ1v) is 12.6. The lowest BCUT2D eigenvalue weighted by Gasteiger charge is -2.26. The van der Waals surface area contributed by atoms with Crippen molar-refractivity contribution in [1.29, 1.82) is 0 Å². The molecule has 0 aliphatic carbocycles. The van der Waals surface area contributed by atoms with E-state index in [0.29, 0.717) is 28.6 Å². The van der Waals surface area contributed by atoms with Crippen LogP contribution in [-0.2, 0) is 16.2 Å². The summed E-state index contributed by atoms with van der Waals surface area (Å²) in [5.41, 5.74) is 2.75. The van der Waals surface area contributed by atoms with E-state index < -0.39 is 17.8 Å². The fraction of sp³-hybridized carbons (Fsp3) is 0.0690. The first-order chi connectivity index (χ1) is 17.8. The number of imide groups is 2. The summed E-state index contributed by atoms with van der Waals surface area (Å²) in [4.78, 5) is 39.4. The Morgan fingerprint density at radius 2 is 1.73 bits per heavy atom. The minimum absolute atomic E-state index is 0.196. The monoisotopic (exact) mass is 574 g/mol. The van der Waals surface area contributed by atoms with E-state index in [-0.39, 0.29) is 5.57 Å². The van der Waals surface area contributed by atoms with Gasteiger partial charge in [-0.05, 0) is 71.8 Å². The maximum Gasteiger partial charge on any atom is 0.335 e. The molecule has 0 aromatic heterocycles. The third-order valence-corrected chi connectivity index (χ3v) is 6.85. The fourth-order valence-corrected chi connectivity index (χ4v) is 4.69. The quantitative estimate of drug-likeness (QED) is 0.210. The summed E-state index contributed by atoms with van der Waals surface area (Å²) < 4.78 is 6.96. The molecule has 0 atom stereocenters. The van der Waals surface area contributed by atoms with Gasteiger partial charge in [0.1, 0.15) is 17.9 Å². The number of hydrogen-bond donors (Lipinski definition) is 1. The van der Waals surface area contributed by atoms with Crippen molar-refractivity contribution in [2.45, 2.75) is 13.5 Å². The van der Waals surface area contributed by atoms with Gasteiger partial charge in [0.15, 0.2) is 0 Å². The minimum atomic E-state index is -0.827. The third-order valence-electron chi connectivity index (χ3n) is 6.10. The van der Waals surface area contributed by atoms with E-state index in [1.54, 1.807) is 24.3 Å². The minimum Gasteiger partial charge on any atom is -0.488 e. The standard InChI is InChI=1S/C29H20BrClN2O4/c1-17-6-7-18-4-2-3-5-23(18)25(17)16-37-26-13-8-20(30)14-19(26)15-24-27(34)32-29(36)33(28(24)35)22-11-9-21(31)10-12-22/h2-15H,16H2,1H3,(H,32,34,36)/b24-15+. The molecule has 4 amide bonds. The molecule has 0 bridgehead atoms. The van der Waals surface area contributed by atoms with Crippen molar-refractivity contribution in [3.63, 3.8) is 0 Å². The number of nitrogens with one attached hydrogen (secondary N) is 1. The molecule has 0 saturated carbocycles. The van der Waals surface area contributed by atoms with Gasteiger partial charge in [0.25, 0.3) is 11.8 Å². The van der Waals surface area contributed by atoms with Crippen LogP contribution in [0.4, 0.5) is 10.5 Å². The molecule has 4 aromatic rings. The van der Waals surface area contributed by atoms with E-state index in [1.807, 2.05) is 25.1 Å². The number of ether oxygens (including phenoxy) is 1. The number of carbonyl (C=O) groups is 3. The number of fused-ring (bicyclic) bond motifs is 1. The fourth-order valence-electron chi connectivity index (χ4n) is 4.19. The van der Waals surface area contributed by atoms with Crippen LogP contribution in [0, 0.1) is 6.92 Å². The number of aryl methyl sites for hydroxylation is 1. The van der Waals surface area contributed by atoms with Crippen molar-refractivity contribution >= 4 is 67.9 Å². The molecule has 1 aliphatic heterocycles. The molecular formula is C29H20BrClN2O4. The zero-order chi connectivity index (χ0) is 26.1. The van der Waals surface area contributed by atoms with Gasteiger partial charge in [-0.3, -0.25) is 14.9 Å². The van der Waals surface area contributed by atoms with Gasteiger partial charge >= 0.3 is 6.03 Å². The van der Waals surface area contributed by atoms with Gasteiger partial charge < -0.3 is 4.74 Å². The van der Waals surface area contributed by atoms with E-state index in [0.717, 1.165) is 31.3 Å². The summed E-state index contributed by atoms with van der Waals surface area (Å²) in [5.74, 6) is -1.04. The van der Waals surface area contributed by atoms with Crippen LogP contribution < -0.4 is 15.0 Å². The molecule has 37 heavy (non-hydrogen) atoms. The average Bonchev–Trinajstić information content (AvgIpc) is 2.88. The molecule has 4 aromatic carbocycles. The van der Waals surface area contributed by atoms with Crippen molar-refractivity contribution in [2.75, 3.05) is 4.90 Å². The molecule has 6 nitrogen and oxygen atoms in total. The SMILES string of the molecule is Cc1ccc2ccccc2c1COc1ccc(Br)cc1/C=C1\C(=O)NC(=O)N(c2ccc(Cl)cc2)C1=O. The molecule has 5 rings (SSSR count). The summed E-state index contributed by atoms with van der Waals surface area (Å²) in [6.07, 6.45) is 1.43. The van der Waals surface area contributed by atoms with Crippen molar-refractivity contribution in [2.24, 2.45) is 0 Å². The Hall–Kier alpha value is -3.94. The predicted octanol–water partition coefficient (Wildman–Crippen LogP) is 6.81. The summed E-state index contributed by atoms with van der Waals surface area (Å²) >= 11 is 9.39. The number of barbiturate groups is 1. The molecule has 1 heterocycles. The summed E-state index contributed by atoms with van der Waals surface area (Å²) in [6.45, 7) is 2.32. The van der Waals surface area contributed by atoms with E-state index in [9.17, 15) is 14.4 Å². The van der Waals surface area contributed by atoms with Crippen molar-refractivity contribution in [3.05, 3.63) is 111 Å². The van der Waals surface area contributed by atoms with Crippen LogP contribution in [0.1, 0.15) is 16.7 Å². The number of benzene rings is 4. The van der Waals surface area contributed by atoms with Gasteiger partial charge in [0.2, 0.25) is 0 Å². The Morgan fingerprint density at radius 1 is 0.973 bits per heavy atom. The molecule has 1 aliphatic rings. The topological polar surface area (TPSA) is 75.7 Å². The first kappa shape index (κ1) is 24.7. The average molecular weight is 576 g/mol. The van der Waals surface area contributed by atoms with Gasteiger partial charge in [-0.1, -0.05) is 63.9 Å². The number of nitrogens with zero attached hydrogens (tertiary/aromatic N) is 1. The highest BCUT2D eigenvalue weighted by molar-refractivity contribution is 9.10. The third kappa shape index (κ3) is 5.01. The molecule has 1 N–H and O–H groups in total. The number of amides is 4. The number of carbonyl (C=O) groups excluding carboxylic acids is 3. The van der Waals surface area contributed by atoms with Crippen LogP contribution in [0.2, 0.25) is 5.02 Å². The Morgan fingerprint density at radius 3 is 2.51 bits per heavy atom. The second-order valence-electron chi connectivity index (χ2n) is 8.49. The summed E-state index contributed by atoms with van der Waals surface area (Å²) in [6, 6.07) is 22.9. The van der Waals surface area contributed by atoms with Crippen LogP contribution >= 0.6 is 27.5 Å². The number of halogens is 2. The lowest BCUT2D eigenvalue weighted by Crippen LogP contribution is -2.54. The Bertz CT molecular complexity index is 1600. The predicted molar refractivity (Wildman–Crippen MR) is 148 cm³/mol. The zero-order valence-corrected chi connectivity index (χ0v) is 22.0. The molecule has 1 saturated heterocycles. The number of anilines is 1. The van der Waals surface area contributed by atoms with E-state index >= 15 is 0 Å². The van der Waals surface area contributed by atoms with Crippen molar-refractivity contribution in [1.82, 2.24) is 5.32 Å². The summed E-state index contributed by atoms with van der Waals surface area (Å²) in [5, 5.41) is 4.90. The van der Waals surface area contributed by atoms with E-state index in [1.165, 1.54) is 18.2 Å². The van der Waals surface area contributed by atoms with Crippen LogP contribution in [0.25, 0.3) is 16.8 Å². The first-order valence-electron chi connectivity index (χ1n) is 11.4. The lowest BCUT2D eigenvalue weighted by atomic mass is 10.0. The van der Waals surface area contributed by atoms with Gasteiger partial charge in [0, 0.05) is 20.6 Å². The van der Waals surface area contributed by atoms with Crippen LogP contribution in [0.5, 0.6) is 5.75 Å². The highest BCUT2D eigenvalue weighted by Gasteiger charge is 2.37. The normalized spacial score (nSPS) is 14.8. The zero-order valence-electron chi connectivity index (χ0n) is 19.6. The number of hydrogen-bond acceptors (Lipinski definition) is 4.